The summed E-state index contributed by atoms with van der Waals surface area (Å²) in [6.45, 7) is 0. The average molecular weight is 231 g/mol. The standard InChI is InChI=1S/C10H11F2NO3/c1-15-8-3-5(6(11)4-7(8)12)9(14)10(13)16-2/h3-4,10H,13H2,1-2H3. The molecule has 0 fully saturated rings. The van der Waals surface area contributed by atoms with Gasteiger partial charge in [0, 0.05) is 13.2 Å². The van der Waals surface area contributed by atoms with E-state index < -0.39 is 23.6 Å². The van der Waals surface area contributed by atoms with Gasteiger partial charge in [0.15, 0.2) is 17.8 Å². The second-order valence-corrected chi connectivity index (χ2v) is 2.99. The van der Waals surface area contributed by atoms with Crippen LogP contribution in [0.25, 0.3) is 0 Å². The second-order valence-electron chi connectivity index (χ2n) is 2.99. The Balaban J connectivity index is 3.18. The molecule has 0 aromatic heterocycles. The van der Waals surface area contributed by atoms with Crippen molar-refractivity contribution in [1.82, 2.24) is 0 Å². The monoisotopic (exact) mass is 231 g/mol. The lowest BCUT2D eigenvalue weighted by atomic mass is 10.1. The number of carbonyl (C=O) groups excluding carboxylic acids is 1. The van der Waals surface area contributed by atoms with Gasteiger partial charge in [-0.2, -0.15) is 0 Å². The summed E-state index contributed by atoms with van der Waals surface area (Å²) in [7, 11) is 2.42. The molecule has 1 aromatic carbocycles. The minimum absolute atomic E-state index is 0.229. The predicted molar refractivity (Wildman–Crippen MR) is 52.2 cm³/mol. The van der Waals surface area contributed by atoms with Crippen LogP contribution in [0.4, 0.5) is 8.78 Å². The second kappa shape index (κ2) is 5.00. The van der Waals surface area contributed by atoms with Crippen molar-refractivity contribution in [3.05, 3.63) is 29.3 Å². The first-order valence-electron chi connectivity index (χ1n) is 4.37. The smallest absolute Gasteiger partial charge is 0.209 e. The van der Waals surface area contributed by atoms with Crippen molar-refractivity contribution >= 4 is 5.78 Å². The number of hydrogen-bond acceptors (Lipinski definition) is 4. The lowest BCUT2D eigenvalue weighted by molar-refractivity contribution is 0.0619. The molecule has 0 amide bonds. The number of hydrogen-bond donors (Lipinski definition) is 1. The average Bonchev–Trinajstić information content (AvgIpc) is 2.27. The number of rotatable bonds is 4. The van der Waals surface area contributed by atoms with Gasteiger partial charge in [0.2, 0.25) is 5.78 Å². The first kappa shape index (κ1) is 12.5. The van der Waals surface area contributed by atoms with E-state index in [4.69, 9.17) is 5.73 Å². The molecule has 1 atom stereocenters. The van der Waals surface area contributed by atoms with E-state index in [1.165, 1.54) is 14.2 Å². The summed E-state index contributed by atoms with van der Waals surface area (Å²) in [6.07, 6.45) is -1.29. The number of ether oxygens (including phenoxy) is 2. The molecule has 0 spiro atoms. The fourth-order valence-corrected chi connectivity index (χ4v) is 1.13. The predicted octanol–water partition coefficient (Wildman–Crippen LogP) is 1.09. The van der Waals surface area contributed by atoms with Crippen molar-refractivity contribution < 1.29 is 23.0 Å². The number of Topliss-reactive ketones (excluding diaryl/α,β-unsaturated/α-hetero) is 1. The van der Waals surface area contributed by atoms with Gasteiger partial charge >= 0.3 is 0 Å². The van der Waals surface area contributed by atoms with Crippen molar-refractivity contribution in [2.75, 3.05) is 14.2 Å². The normalized spacial score (nSPS) is 12.3. The summed E-state index contributed by atoms with van der Waals surface area (Å²) < 4.78 is 35.5. The first-order chi connectivity index (χ1) is 7.51. The molecule has 0 bridgehead atoms. The maximum absolute atomic E-state index is 13.3. The Hall–Kier alpha value is -1.53. The van der Waals surface area contributed by atoms with Gasteiger partial charge in [-0.3, -0.25) is 10.5 Å². The third-order valence-corrected chi connectivity index (χ3v) is 2.02. The van der Waals surface area contributed by atoms with Gasteiger partial charge < -0.3 is 9.47 Å². The van der Waals surface area contributed by atoms with E-state index in [0.717, 1.165) is 6.07 Å². The van der Waals surface area contributed by atoms with E-state index in [-0.39, 0.29) is 11.3 Å². The van der Waals surface area contributed by atoms with Crippen LogP contribution in [0, 0.1) is 11.6 Å². The molecule has 1 rings (SSSR count). The summed E-state index contributed by atoms with van der Waals surface area (Å²) in [5.41, 5.74) is 4.91. The SMILES string of the molecule is COc1cc(C(=O)C(N)OC)c(F)cc1F. The third-order valence-electron chi connectivity index (χ3n) is 2.02. The highest BCUT2D eigenvalue weighted by molar-refractivity contribution is 5.99. The Morgan fingerprint density at radius 2 is 1.94 bits per heavy atom. The highest BCUT2D eigenvalue weighted by atomic mass is 19.1. The Bertz CT molecular complexity index is 409. The molecule has 6 heteroatoms. The van der Waals surface area contributed by atoms with E-state index in [2.05, 4.69) is 9.47 Å². The number of halogens is 2. The van der Waals surface area contributed by atoms with Crippen LogP contribution in [0.1, 0.15) is 10.4 Å². The van der Waals surface area contributed by atoms with E-state index >= 15 is 0 Å². The first-order valence-corrected chi connectivity index (χ1v) is 4.37. The maximum Gasteiger partial charge on any atom is 0.209 e. The highest BCUT2D eigenvalue weighted by Gasteiger charge is 2.21. The molecule has 0 aliphatic heterocycles. The molecule has 1 aromatic rings. The molecule has 0 aliphatic rings. The largest absolute Gasteiger partial charge is 0.494 e. The van der Waals surface area contributed by atoms with Crippen LogP contribution in [-0.2, 0) is 4.74 Å². The summed E-state index contributed by atoms with van der Waals surface area (Å²) in [4.78, 5) is 11.5. The molecule has 16 heavy (non-hydrogen) atoms. The zero-order valence-corrected chi connectivity index (χ0v) is 8.79. The quantitative estimate of drug-likeness (QED) is 0.622. The molecule has 0 radical (unpaired) electrons. The van der Waals surface area contributed by atoms with Crippen molar-refractivity contribution in [1.29, 1.82) is 0 Å². The maximum atomic E-state index is 13.3. The van der Waals surface area contributed by atoms with Crippen molar-refractivity contribution in [3.63, 3.8) is 0 Å². The van der Waals surface area contributed by atoms with Gasteiger partial charge in [-0.1, -0.05) is 0 Å². The van der Waals surface area contributed by atoms with Crippen molar-refractivity contribution in [3.8, 4) is 5.75 Å². The molecule has 0 heterocycles. The van der Waals surface area contributed by atoms with E-state index in [1.54, 1.807) is 0 Å². The molecule has 0 aliphatic carbocycles. The number of benzene rings is 1. The van der Waals surface area contributed by atoms with E-state index in [1.807, 2.05) is 0 Å². The van der Waals surface area contributed by atoms with Crippen molar-refractivity contribution in [2.45, 2.75) is 6.23 Å². The Morgan fingerprint density at radius 3 is 2.44 bits per heavy atom. The van der Waals surface area contributed by atoms with E-state index in [9.17, 15) is 13.6 Å². The molecule has 88 valence electrons. The van der Waals surface area contributed by atoms with Crippen LogP contribution in [0.5, 0.6) is 5.75 Å². The Morgan fingerprint density at radius 1 is 1.31 bits per heavy atom. The fraction of sp³-hybridized carbons (Fsp3) is 0.300. The van der Waals surface area contributed by atoms with Gasteiger partial charge in [-0.15, -0.1) is 0 Å². The summed E-state index contributed by atoms with van der Waals surface area (Å²) in [6, 6.07) is 1.51. The third kappa shape index (κ3) is 2.34. The zero-order valence-electron chi connectivity index (χ0n) is 8.79. The summed E-state index contributed by atoms with van der Waals surface area (Å²) in [5.74, 6) is -2.90. The molecule has 2 N–H and O–H groups in total. The van der Waals surface area contributed by atoms with Gasteiger partial charge in [0.25, 0.3) is 0 Å². The molecule has 1 unspecified atom stereocenters. The lowest BCUT2D eigenvalue weighted by Crippen LogP contribution is -2.32. The molecular weight excluding hydrogens is 220 g/mol. The van der Waals surface area contributed by atoms with Crippen LogP contribution in [0.15, 0.2) is 12.1 Å². The molecule has 0 saturated carbocycles. The molecule has 4 nitrogen and oxygen atoms in total. The number of methoxy groups -OCH3 is 2. The minimum Gasteiger partial charge on any atom is -0.494 e. The Kier molecular flexibility index (Phi) is 3.92. The van der Waals surface area contributed by atoms with Crippen LogP contribution >= 0.6 is 0 Å². The summed E-state index contributed by atoms with van der Waals surface area (Å²) in [5, 5.41) is 0. The molecule has 0 saturated heterocycles. The topological polar surface area (TPSA) is 61.5 Å². The van der Waals surface area contributed by atoms with Crippen LogP contribution in [0.3, 0.4) is 0 Å². The van der Waals surface area contributed by atoms with Gasteiger partial charge in [0.1, 0.15) is 5.82 Å². The van der Waals surface area contributed by atoms with Crippen LogP contribution in [0.2, 0.25) is 0 Å². The lowest BCUT2D eigenvalue weighted by Gasteiger charge is -2.10. The highest BCUT2D eigenvalue weighted by Crippen LogP contribution is 2.22. The van der Waals surface area contributed by atoms with Gasteiger partial charge in [-0.05, 0) is 6.07 Å². The van der Waals surface area contributed by atoms with Gasteiger partial charge in [0.05, 0.1) is 12.7 Å². The van der Waals surface area contributed by atoms with E-state index in [0.29, 0.717) is 6.07 Å². The van der Waals surface area contributed by atoms with Crippen molar-refractivity contribution in [2.24, 2.45) is 5.73 Å². The van der Waals surface area contributed by atoms with Gasteiger partial charge in [-0.25, -0.2) is 8.78 Å². The van der Waals surface area contributed by atoms with Crippen LogP contribution < -0.4 is 10.5 Å². The number of ketones is 1. The van der Waals surface area contributed by atoms with Crippen LogP contribution in [-0.4, -0.2) is 26.2 Å². The minimum atomic E-state index is -1.29. The fourth-order valence-electron chi connectivity index (χ4n) is 1.13. The summed E-state index contributed by atoms with van der Waals surface area (Å²) >= 11 is 0. The number of nitrogens with two attached hydrogens (primary N) is 1. The number of carbonyl (C=O) groups is 1. The molecular formula is C10H11F2NO3. The Labute approximate surface area is 91.0 Å². The zero-order chi connectivity index (χ0) is 12.3.